The molecular weight excluding hydrogens is 104 g/mol. The van der Waals surface area contributed by atoms with Gasteiger partial charge in [-0.2, -0.15) is 0 Å². The first-order valence-electron chi connectivity index (χ1n) is 2.47. The Kier molecular flexibility index (Phi) is 3.69. The van der Waals surface area contributed by atoms with Crippen molar-refractivity contribution in [3.8, 4) is 11.8 Å². The molecule has 0 radical (unpaired) electrons. The van der Waals surface area contributed by atoms with Gasteiger partial charge in [-0.25, -0.2) is 0 Å². The molecule has 0 aliphatic rings. The van der Waals surface area contributed by atoms with Crippen LogP contribution in [0.3, 0.4) is 0 Å². The molecule has 0 rings (SSSR count). The summed E-state index contributed by atoms with van der Waals surface area (Å²) in [6.07, 6.45) is 1.52. The summed E-state index contributed by atoms with van der Waals surface area (Å²) in [5, 5.41) is 9.59. The van der Waals surface area contributed by atoms with Crippen molar-refractivity contribution in [2.75, 3.05) is 0 Å². The molecule has 0 heterocycles. The quantitative estimate of drug-likeness (QED) is 0.429. The topological polar surface area (TPSA) is 40.1 Å². The van der Waals surface area contributed by atoms with Crippen molar-refractivity contribution in [2.24, 2.45) is 0 Å². The number of carbonyl (C=O) groups excluding carboxylic acids is 1. The van der Waals surface area contributed by atoms with Crippen LogP contribution >= 0.6 is 0 Å². The number of carbonyl (C=O) groups is 1. The van der Waals surface area contributed by atoms with Crippen molar-refractivity contribution in [2.45, 2.75) is 19.8 Å². The van der Waals surface area contributed by atoms with E-state index in [9.17, 15) is 9.90 Å². The van der Waals surface area contributed by atoms with Crippen molar-refractivity contribution in [1.82, 2.24) is 0 Å². The van der Waals surface area contributed by atoms with E-state index in [0.717, 1.165) is 6.42 Å². The van der Waals surface area contributed by atoms with E-state index >= 15 is 0 Å². The third-order valence-corrected chi connectivity index (χ3v) is 0.565. The van der Waals surface area contributed by atoms with Crippen LogP contribution in [0.4, 0.5) is 0 Å². The van der Waals surface area contributed by atoms with Crippen LogP contribution in [0.2, 0.25) is 0 Å². The third kappa shape index (κ3) is 5.03. The SMILES string of the molecule is CCCC#CC(=O)[O-]. The van der Waals surface area contributed by atoms with Gasteiger partial charge in [-0.05, 0) is 12.3 Å². The highest BCUT2D eigenvalue weighted by atomic mass is 16.4. The van der Waals surface area contributed by atoms with Crippen LogP contribution in [0, 0.1) is 11.8 Å². The van der Waals surface area contributed by atoms with Gasteiger partial charge in [0.2, 0.25) is 0 Å². The standard InChI is InChI=1S/C6H8O2/c1-2-3-4-5-6(7)8/h2-3H2,1H3,(H,7,8)/p-1. The average molecular weight is 111 g/mol. The molecule has 2 nitrogen and oxygen atoms in total. The van der Waals surface area contributed by atoms with Crippen LogP contribution < -0.4 is 5.11 Å². The molecule has 2 heteroatoms. The van der Waals surface area contributed by atoms with Gasteiger partial charge in [-0.15, -0.1) is 0 Å². The molecule has 44 valence electrons. The summed E-state index contributed by atoms with van der Waals surface area (Å²) in [4.78, 5) is 9.59. The van der Waals surface area contributed by atoms with Crippen molar-refractivity contribution < 1.29 is 9.90 Å². The van der Waals surface area contributed by atoms with Gasteiger partial charge in [-0.1, -0.05) is 12.8 Å². The lowest BCUT2D eigenvalue weighted by Crippen LogP contribution is -2.19. The molecule has 0 saturated carbocycles. The van der Waals surface area contributed by atoms with E-state index in [1.807, 2.05) is 12.8 Å². The van der Waals surface area contributed by atoms with Gasteiger partial charge in [0.05, 0.1) is 0 Å². The van der Waals surface area contributed by atoms with Crippen LogP contribution in [-0.2, 0) is 4.79 Å². The van der Waals surface area contributed by atoms with Gasteiger partial charge in [0.25, 0.3) is 0 Å². The highest BCUT2D eigenvalue weighted by Crippen LogP contribution is 1.79. The predicted octanol–water partition coefficient (Wildman–Crippen LogP) is -0.460. The lowest BCUT2D eigenvalue weighted by atomic mass is 10.3. The summed E-state index contributed by atoms with van der Waals surface area (Å²) in [5.74, 6) is 3.03. The van der Waals surface area contributed by atoms with Crippen LogP contribution in [0.15, 0.2) is 0 Å². The van der Waals surface area contributed by atoms with Crippen LogP contribution in [0.25, 0.3) is 0 Å². The number of carboxylic acid groups (broad SMARTS) is 1. The predicted molar refractivity (Wildman–Crippen MR) is 27.7 cm³/mol. The zero-order valence-corrected chi connectivity index (χ0v) is 4.73. The summed E-state index contributed by atoms with van der Waals surface area (Å²) < 4.78 is 0. The molecule has 0 aromatic rings. The first kappa shape index (κ1) is 7.03. The van der Waals surface area contributed by atoms with Crippen molar-refractivity contribution in [3.63, 3.8) is 0 Å². The maximum absolute atomic E-state index is 9.59. The second kappa shape index (κ2) is 4.20. The first-order valence-corrected chi connectivity index (χ1v) is 2.47. The van der Waals surface area contributed by atoms with Crippen molar-refractivity contribution >= 4 is 5.97 Å². The first-order chi connectivity index (χ1) is 3.77. The molecule has 0 amide bonds. The molecule has 0 aliphatic heterocycles. The zero-order chi connectivity index (χ0) is 6.41. The minimum Gasteiger partial charge on any atom is -0.537 e. The second-order valence-corrected chi connectivity index (χ2v) is 1.34. The van der Waals surface area contributed by atoms with Crippen molar-refractivity contribution in [1.29, 1.82) is 0 Å². The highest BCUT2D eigenvalue weighted by molar-refractivity contribution is 5.84. The number of aliphatic carboxylic acids is 1. The Morgan fingerprint density at radius 2 is 2.38 bits per heavy atom. The maximum atomic E-state index is 9.59. The van der Waals surface area contributed by atoms with Gasteiger partial charge >= 0.3 is 0 Å². The number of carboxylic acids is 1. The molecule has 8 heavy (non-hydrogen) atoms. The molecule has 0 saturated heterocycles. The molecule has 0 aromatic carbocycles. The minimum absolute atomic E-state index is 0.633. The number of unbranched alkanes of at least 4 members (excludes halogenated alkanes) is 1. The summed E-state index contributed by atoms with van der Waals surface area (Å²) in [6, 6.07) is 0. The number of rotatable bonds is 1. The molecule has 0 bridgehead atoms. The Morgan fingerprint density at radius 1 is 1.75 bits per heavy atom. The smallest absolute Gasteiger partial charge is 0.116 e. The lowest BCUT2D eigenvalue weighted by Gasteiger charge is -1.82. The van der Waals surface area contributed by atoms with Gasteiger partial charge in [-0.3, -0.25) is 0 Å². The largest absolute Gasteiger partial charge is 0.537 e. The zero-order valence-electron chi connectivity index (χ0n) is 4.73. The van der Waals surface area contributed by atoms with E-state index in [-0.39, 0.29) is 0 Å². The summed E-state index contributed by atoms with van der Waals surface area (Å²) in [6.45, 7) is 1.93. The molecular formula is C6H7O2-. The molecule has 0 N–H and O–H groups in total. The van der Waals surface area contributed by atoms with Crippen LogP contribution in [0.1, 0.15) is 19.8 Å². The number of hydrogen-bond acceptors (Lipinski definition) is 2. The molecule has 0 spiro atoms. The maximum Gasteiger partial charge on any atom is 0.116 e. The van der Waals surface area contributed by atoms with Crippen molar-refractivity contribution in [3.05, 3.63) is 0 Å². The van der Waals surface area contributed by atoms with Crippen LogP contribution in [-0.4, -0.2) is 5.97 Å². The van der Waals surface area contributed by atoms with Crippen LogP contribution in [0.5, 0.6) is 0 Å². The van der Waals surface area contributed by atoms with Gasteiger partial charge in [0.1, 0.15) is 5.97 Å². The Labute approximate surface area is 48.5 Å². The van der Waals surface area contributed by atoms with Gasteiger partial charge < -0.3 is 9.90 Å². The van der Waals surface area contributed by atoms with E-state index in [1.165, 1.54) is 0 Å². The fourth-order valence-electron chi connectivity index (χ4n) is 0.260. The minimum atomic E-state index is -1.29. The van der Waals surface area contributed by atoms with E-state index in [4.69, 9.17) is 0 Å². The average Bonchev–Trinajstić information content (AvgIpc) is 1.66. The fourth-order valence-corrected chi connectivity index (χ4v) is 0.260. The third-order valence-electron chi connectivity index (χ3n) is 0.565. The van der Waals surface area contributed by atoms with Gasteiger partial charge in [0, 0.05) is 6.42 Å². The molecule has 0 aliphatic carbocycles. The van der Waals surface area contributed by atoms with E-state index in [2.05, 4.69) is 5.92 Å². The Morgan fingerprint density at radius 3 is 2.75 bits per heavy atom. The Balaban J connectivity index is 3.35. The summed E-state index contributed by atoms with van der Waals surface area (Å²) >= 11 is 0. The lowest BCUT2D eigenvalue weighted by molar-refractivity contribution is -0.295. The number of hydrogen-bond donors (Lipinski definition) is 0. The highest BCUT2D eigenvalue weighted by Gasteiger charge is 1.69. The Hall–Kier alpha value is -0.970. The van der Waals surface area contributed by atoms with E-state index < -0.39 is 5.97 Å². The van der Waals surface area contributed by atoms with E-state index in [1.54, 1.807) is 0 Å². The normalized spacial score (nSPS) is 7.12. The second-order valence-electron chi connectivity index (χ2n) is 1.34. The van der Waals surface area contributed by atoms with Gasteiger partial charge in [0.15, 0.2) is 0 Å². The fraction of sp³-hybridized carbons (Fsp3) is 0.500. The van der Waals surface area contributed by atoms with E-state index in [0.29, 0.717) is 6.42 Å². The molecule has 0 atom stereocenters. The summed E-state index contributed by atoms with van der Waals surface area (Å²) in [7, 11) is 0. The Bertz CT molecular complexity index is 127. The monoisotopic (exact) mass is 111 g/mol. The molecule has 0 fully saturated rings. The molecule has 0 unspecified atom stereocenters. The molecule has 0 aromatic heterocycles. The summed E-state index contributed by atoms with van der Waals surface area (Å²) in [5.41, 5.74) is 0.